The van der Waals surface area contributed by atoms with Gasteiger partial charge in [-0.2, -0.15) is 0 Å². The summed E-state index contributed by atoms with van der Waals surface area (Å²) in [7, 11) is 0. The van der Waals surface area contributed by atoms with E-state index in [0.717, 1.165) is 31.0 Å². The largest absolute Gasteiger partial charge is 0.330 e. The maximum Gasteiger partial charge on any atom is 0.137 e. The highest BCUT2D eigenvalue weighted by molar-refractivity contribution is 5.80. The van der Waals surface area contributed by atoms with E-state index < -0.39 is 11.6 Å². The van der Waals surface area contributed by atoms with Gasteiger partial charge >= 0.3 is 0 Å². The van der Waals surface area contributed by atoms with Crippen molar-refractivity contribution < 1.29 is 13.6 Å². The SMILES string of the molecule is CC(CCN)CCC(=O)Cc1cc(F)ccc1F. The van der Waals surface area contributed by atoms with Gasteiger partial charge in [0.15, 0.2) is 0 Å². The summed E-state index contributed by atoms with van der Waals surface area (Å²) in [5.41, 5.74) is 5.55. The van der Waals surface area contributed by atoms with Gasteiger partial charge in [-0.15, -0.1) is 0 Å². The molecule has 1 rings (SSSR count). The predicted octanol–water partition coefficient (Wildman–Crippen LogP) is 2.84. The van der Waals surface area contributed by atoms with Crippen LogP contribution in [-0.2, 0) is 11.2 Å². The Balaban J connectivity index is 2.47. The molecule has 1 aromatic rings. The third-order valence-corrected chi connectivity index (χ3v) is 2.97. The maximum absolute atomic E-state index is 13.3. The van der Waals surface area contributed by atoms with Crippen LogP contribution in [-0.4, -0.2) is 12.3 Å². The van der Waals surface area contributed by atoms with Crippen LogP contribution in [0, 0.1) is 17.6 Å². The number of Topliss-reactive ketones (excluding diaryl/α,β-unsaturated/α-hetero) is 1. The first-order chi connectivity index (χ1) is 8.52. The highest BCUT2D eigenvalue weighted by Gasteiger charge is 2.11. The van der Waals surface area contributed by atoms with E-state index in [4.69, 9.17) is 5.73 Å². The first kappa shape index (κ1) is 14.8. The molecule has 0 amide bonds. The van der Waals surface area contributed by atoms with E-state index in [0.29, 0.717) is 18.9 Å². The van der Waals surface area contributed by atoms with E-state index in [1.54, 1.807) is 0 Å². The lowest BCUT2D eigenvalue weighted by atomic mass is 9.97. The molecule has 2 nitrogen and oxygen atoms in total. The zero-order chi connectivity index (χ0) is 13.5. The average Bonchev–Trinajstić information content (AvgIpc) is 2.32. The molecule has 0 heterocycles. The van der Waals surface area contributed by atoms with Crippen molar-refractivity contribution in [2.75, 3.05) is 6.54 Å². The standard InChI is InChI=1S/C14H19F2NO/c1-10(6-7-17)2-4-13(18)9-11-8-12(15)3-5-14(11)16/h3,5,8,10H,2,4,6-7,9,17H2,1H3. The van der Waals surface area contributed by atoms with Crippen LogP contribution in [0.25, 0.3) is 0 Å². The van der Waals surface area contributed by atoms with Crippen molar-refractivity contribution >= 4 is 5.78 Å². The van der Waals surface area contributed by atoms with Crippen molar-refractivity contribution in [3.8, 4) is 0 Å². The number of benzene rings is 1. The van der Waals surface area contributed by atoms with Gasteiger partial charge in [0.05, 0.1) is 0 Å². The molecule has 1 atom stereocenters. The van der Waals surface area contributed by atoms with Gasteiger partial charge in [-0.05, 0) is 49.1 Å². The minimum atomic E-state index is -0.528. The first-order valence-corrected chi connectivity index (χ1v) is 6.18. The van der Waals surface area contributed by atoms with Crippen molar-refractivity contribution in [2.45, 2.75) is 32.6 Å². The Morgan fingerprint density at radius 3 is 2.72 bits per heavy atom. The van der Waals surface area contributed by atoms with Gasteiger partial charge < -0.3 is 5.73 Å². The lowest BCUT2D eigenvalue weighted by molar-refractivity contribution is -0.118. The second kappa shape index (κ2) is 7.21. The van der Waals surface area contributed by atoms with Gasteiger partial charge in [0.25, 0.3) is 0 Å². The van der Waals surface area contributed by atoms with Gasteiger partial charge in [-0.25, -0.2) is 8.78 Å². The quantitative estimate of drug-likeness (QED) is 0.814. The Labute approximate surface area is 106 Å². The lowest BCUT2D eigenvalue weighted by Crippen LogP contribution is -2.10. The molecular formula is C14H19F2NO. The summed E-state index contributed by atoms with van der Waals surface area (Å²) >= 11 is 0. The molecular weight excluding hydrogens is 236 g/mol. The lowest BCUT2D eigenvalue weighted by Gasteiger charge is -2.09. The molecule has 1 aromatic carbocycles. The fourth-order valence-corrected chi connectivity index (χ4v) is 1.82. The van der Waals surface area contributed by atoms with Gasteiger partial charge in [-0.1, -0.05) is 6.92 Å². The fourth-order valence-electron chi connectivity index (χ4n) is 1.82. The van der Waals surface area contributed by atoms with Crippen LogP contribution in [0.15, 0.2) is 18.2 Å². The first-order valence-electron chi connectivity index (χ1n) is 6.18. The van der Waals surface area contributed by atoms with Crippen LogP contribution < -0.4 is 5.73 Å². The van der Waals surface area contributed by atoms with Gasteiger partial charge in [0.1, 0.15) is 17.4 Å². The third kappa shape index (κ3) is 4.92. The second-order valence-corrected chi connectivity index (χ2v) is 4.67. The van der Waals surface area contributed by atoms with Crippen LogP contribution in [0.2, 0.25) is 0 Å². The summed E-state index contributed by atoms with van der Waals surface area (Å²) in [6, 6.07) is 3.18. The van der Waals surface area contributed by atoms with Crippen LogP contribution in [0.4, 0.5) is 8.78 Å². The third-order valence-electron chi connectivity index (χ3n) is 2.97. The molecule has 0 fully saturated rings. The summed E-state index contributed by atoms with van der Waals surface area (Å²) in [5, 5.41) is 0. The number of ketones is 1. The van der Waals surface area contributed by atoms with Crippen molar-refractivity contribution in [1.29, 1.82) is 0 Å². The van der Waals surface area contributed by atoms with Crippen molar-refractivity contribution in [3.63, 3.8) is 0 Å². The topological polar surface area (TPSA) is 43.1 Å². The molecule has 0 aliphatic heterocycles. The number of halogens is 2. The summed E-state index contributed by atoms with van der Waals surface area (Å²) in [6.45, 7) is 2.64. The molecule has 0 aliphatic rings. The van der Waals surface area contributed by atoms with Crippen molar-refractivity contribution in [2.24, 2.45) is 11.7 Å². The normalized spacial score (nSPS) is 12.4. The van der Waals surface area contributed by atoms with E-state index >= 15 is 0 Å². The van der Waals surface area contributed by atoms with E-state index in [2.05, 4.69) is 0 Å². The predicted molar refractivity (Wildman–Crippen MR) is 67.1 cm³/mol. The Kier molecular flexibility index (Phi) is 5.92. The molecule has 4 heteroatoms. The molecule has 100 valence electrons. The van der Waals surface area contributed by atoms with Gasteiger partial charge in [-0.3, -0.25) is 4.79 Å². The van der Waals surface area contributed by atoms with Gasteiger partial charge in [0, 0.05) is 12.8 Å². The maximum atomic E-state index is 13.3. The molecule has 0 saturated carbocycles. The minimum absolute atomic E-state index is 0.0427. The summed E-state index contributed by atoms with van der Waals surface area (Å²) in [5.74, 6) is -0.727. The zero-order valence-corrected chi connectivity index (χ0v) is 10.6. The molecule has 0 bridgehead atoms. The molecule has 1 unspecified atom stereocenters. The number of nitrogens with two attached hydrogens (primary N) is 1. The average molecular weight is 255 g/mol. The van der Waals surface area contributed by atoms with Crippen LogP contribution in [0.1, 0.15) is 31.7 Å². The molecule has 0 radical (unpaired) electrons. The summed E-state index contributed by atoms with van der Waals surface area (Å²) in [4.78, 5) is 11.7. The number of rotatable bonds is 7. The molecule has 0 aromatic heterocycles. The molecule has 0 saturated heterocycles. The highest BCUT2D eigenvalue weighted by atomic mass is 19.1. The van der Waals surface area contributed by atoms with Crippen LogP contribution in [0.5, 0.6) is 0 Å². The summed E-state index contributed by atoms with van der Waals surface area (Å²) < 4.78 is 26.2. The van der Waals surface area contributed by atoms with E-state index in [-0.39, 0.29) is 17.8 Å². The Morgan fingerprint density at radius 2 is 2.06 bits per heavy atom. The van der Waals surface area contributed by atoms with Crippen LogP contribution >= 0.6 is 0 Å². The Morgan fingerprint density at radius 1 is 1.33 bits per heavy atom. The van der Waals surface area contributed by atoms with E-state index in [9.17, 15) is 13.6 Å². The monoisotopic (exact) mass is 255 g/mol. The van der Waals surface area contributed by atoms with Crippen LogP contribution in [0.3, 0.4) is 0 Å². The molecule has 0 aliphatic carbocycles. The van der Waals surface area contributed by atoms with Crippen molar-refractivity contribution in [1.82, 2.24) is 0 Å². The number of carbonyl (C=O) groups is 1. The number of hydrogen-bond donors (Lipinski definition) is 1. The smallest absolute Gasteiger partial charge is 0.137 e. The zero-order valence-electron chi connectivity index (χ0n) is 10.6. The Bertz CT molecular complexity index is 407. The van der Waals surface area contributed by atoms with E-state index in [1.165, 1.54) is 0 Å². The number of carbonyl (C=O) groups excluding carboxylic acids is 1. The minimum Gasteiger partial charge on any atom is -0.330 e. The number of hydrogen-bond acceptors (Lipinski definition) is 2. The fraction of sp³-hybridized carbons (Fsp3) is 0.500. The van der Waals surface area contributed by atoms with Crippen molar-refractivity contribution in [3.05, 3.63) is 35.4 Å². The second-order valence-electron chi connectivity index (χ2n) is 4.67. The van der Waals surface area contributed by atoms with E-state index in [1.807, 2.05) is 6.92 Å². The molecule has 18 heavy (non-hydrogen) atoms. The van der Waals surface area contributed by atoms with Gasteiger partial charge in [0.2, 0.25) is 0 Å². The Hall–Kier alpha value is -1.29. The molecule has 2 N–H and O–H groups in total. The summed E-state index contributed by atoms with van der Waals surface area (Å²) in [6.07, 6.45) is 1.96. The highest BCUT2D eigenvalue weighted by Crippen LogP contribution is 2.14. The molecule has 0 spiro atoms.